The van der Waals surface area contributed by atoms with Crippen LogP contribution in [0.2, 0.25) is 0 Å². The summed E-state index contributed by atoms with van der Waals surface area (Å²) in [4.78, 5) is 12.6. The molecule has 0 fully saturated rings. The number of nitrogens with one attached hydrogen (secondary N) is 1. The maximum absolute atomic E-state index is 12.7. The highest BCUT2D eigenvalue weighted by Gasteiger charge is 2.23. The molecule has 6 heteroatoms. The predicted octanol–water partition coefficient (Wildman–Crippen LogP) is 3.65. The van der Waals surface area contributed by atoms with Gasteiger partial charge in [0, 0.05) is 24.4 Å². The molecule has 26 heavy (non-hydrogen) atoms. The normalized spacial score (nSPS) is 12.3. The molecule has 0 atom stereocenters. The maximum Gasteiger partial charge on any atom is 0.255 e. The highest BCUT2D eigenvalue weighted by molar-refractivity contribution is 7.89. The van der Waals surface area contributed by atoms with E-state index < -0.39 is 15.9 Å². The zero-order valence-corrected chi connectivity index (χ0v) is 16.1. The quantitative estimate of drug-likeness (QED) is 0.636. The number of hydrogen-bond donors (Lipinski definition) is 1. The molecular formula is C20H26N2O3S. The topological polar surface area (TPSA) is 66.5 Å². The summed E-state index contributed by atoms with van der Waals surface area (Å²) >= 11 is 0. The third-order valence-electron chi connectivity index (χ3n) is 3.53. The Balaban J connectivity index is 3.14. The molecule has 5 nitrogen and oxygen atoms in total. The number of nitrogens with zero attached hydrogens (tertiary/aromatic N) is 1. The van der Waals surface area contributed by atoms with Crippen molar-refractivity contribution in [1.82, 2.24) is 9.62 Å². The highest BCUT2D eigenvalue weighted by atomic mass is 32.2. The summed E-state index contributed by atoms with van der Waals surface area (Å²) in [5, 5.41) is 2.72. The molecule has 1 N–H and O–H groups in total. The fourth-order valence-corrected chi connectivity index (χ4v) is 3.87. The van der Waals surface area contributed by atoms with Gasteiger partial charge in [-0.05, 0) is 36.8 Å². The zero-order chi connectivity index (χ0) is 19.6. The second kappa shape index (κ2) is 10.5. The summed E-state index contributed by atoms with van der Waals surface area (Å²) in [5.74, 6) is -0.401. The number of amides is 1. The average molecular weight is 375 g/mol. The van der Waals surface area contributed by atoms with Gasteiger partial charge in [-0.1, -0.05) is 51.3 Å². The second-order valence-electron chi connectivity index (χ2n) is 5.43. The number of allylic oxidation sites excluding steroid dienone is 5. The Morgan fingerprint density at radius 1 is 1.23 bits per heavy atom. The molecule has 0 bridgehead atoms. The molecule has 1 aromatic carbocycles. The van der Waals surface area contributed by atoms with Crippen LogP contribution < -0.4 is 5.32 Å². The number of carbonyl (C=O) groups excluding carboxylic acids is 1. The van der Waals surface area contributed by atoms with E-state index in [1.807, 2.05) is 6.92 Å². The summed E-state index contributed by atoms with van der Waals surface area (Å²) in [5.41, 5.74) is 0.792. The summed E-state index contributed by atoms with van der Waals surface area (Å²) in [7, 11) is -3.63. The van der Waals surface area contributed by atoms with Gasteiger partial charge in [-0.15, -0.1) is 0 Å². The van der Waals surface area contributed by atoms with E-state index in [4.69, 9.17) is 0 Å². The van der Waals surface area contributed by atoms with Crippen molar-refractivity contribution in [3.63, 3.8) is 0 Å². The molecule has 0 spiro atoms. The van der Waals surface area contributed by atoms with E-state index in [1.165, 1.54) is 16.4 Å². The van der Waals surface area contributed by atoms with Gasteiger partial charge in [0.2, 0.25) is 10.0 Å². The van der Waals surface area contributed by atoms with Gasteiger partial charge in [0.15, 0.2) is 0 Å². The first-order valence-corrected chi connectivity index (χ1v) is 9.88. The monoisotopic (exact) mass is 374 g/mol. The molecule has 0 heterocycles. The van der Waals surface area contributed by atoms with Gasteiger partial charge < -0.3 is 5.32 Å². The standard InChI is InChI=1S/C20H26N2O3S/c1-5-9-13-18(11-6-2)21-20(23)17-12-10-14-19(16-17)26(24,25)22(8-4)15-7-3/h5-6,9-14,16H,1-2,7-8,15H2,3-4H3,(H,21,23)/b13-9-,18-11+. The number of sulfonamides is 1. The van der Waals surface area contributed by atoms with E-state index >= 15 is 0 Å². The van der Waals surface area contributed by atoms with E-state index in [-0.39, 0.29) is 10.5 Å². The molecular weight excluding hydrogens is 348 g/mol. The Kier molecular flexibility index (Phi) is 8.75. The molecule has 0 saturated heterocycles. The summed E-state index contributed by atoms with van der Waals surface area (Å²) in [6.07, 6.45) is 8.85. The van der Waals surface area contributed by atoms with E-state index in [0.29, 0.717) is 18.8 Å². The van der Waals surface area contributed by atoms with Crippen molar-refractivity contribution in [2.24, 2.45) is 0 Å². The average Bonchev–Trinajstić information content (AvgIpc) is 2.64. The molecule has 0 aliphatic carbocycles. The molecule has 0 aromatic heterocycles. The summed E-state index contributed by atoms with van der Waals surface area (Å²) in [6, 6.07) is 6.04. The van der Waals surface area contributed by atoms with Crippen molar-refractivity contribution >= 4 is 15.9 Å². The fraction of sp³-hybridized carbons (Fsp3) is 0.250. The molecule has 1 amide bonds. The molecule has 1 rings (SSSR count). The largest absolute Gasteiger partial charge is 0.322 e. The van der Waals surface area contributed by atoms with Gasteiger partial charge in [-0.25, -0.2) is 8.42 Å². The van der Waals surface area contributed by atoms with E-state index in [1.54, 1.807) is 49.4 Å². The lowest BCUT2D eigenvalue weighted by Gasteiger charge is -2.20. The van der Waals surface area contributed by atoms with Crippen molar-refractivity contribution in [1.29, 1.82) is 0 Å². The molecule has 1 aromatic rings. The van der Waals surface area contributed by atoms with Crippen LogP contribution in [0.4, 0.5) is 0 Å². The number of rotatable bonds is 10. The Morgan fingerprint density at radius 3 is 2.54 bits per heavy atom. The van der Waals surface area contributed by atoms with Crippen LogP contribution in [0.3, 0.4) is 0 Å². The van der Waals surface area contributed by atoms with Crippen LogP contribution in [0.15, 0.2) is 78.4 Å². The van der Waals surface area contributed by atoms with Gasteiger partial charge in [0.05, 0.1) is 4.90 Å². The van der Waals surface area contributed by atoms with Crippen molar-refractivity contribution in [3.05, 3.63) is 79.1 Å². The van der Waals surface area contributed by atoms with Gasteiger partial charge in [-0.2, -0.15) is 4.31 Å². The van der Waals surface area contributed by atoms with E-state index in [2.05, 4.69) is 18.5 Å². The van der Waals surface area contributed by atoms with Crippen LogP contribution in [0.25, 0.3) is 0 Å². The molecule has 0 unspecified atom stereocenters. The Hall–Kier alpha value is -2.44. The summed E-state index contributed by atoms with van der Waals surface area (Å²) in [6.45, 7) is 11.7. The van der Waals surface area contributed by atoms with Gasteiger partial charge >= 0.3 is 0 Å². The molecule has 0 radical (unpaired) electrons. The second-order valence-corrected chi connectivity index (χ2v) is 7.37. The molecule has 0 saturated carbocycles. The molecule has 0 aliphatic rings. The van der Waals surface area contributed by atoms with Crippen LogP contribution in [-0.4, -0.2) is 31.7 Å². The Labute approximate surface area is 156 Å². The van der Waals surface area contributed by atoms with E-state index in [9.17, 15) is 13.2 Å². The third kappa shape index (κ3) is 5.82. The van der Waals surface area contributed by atoms with Crippen LogP contribution in [0.5, 0.6) is 0 Å². The Morgan fingerprint density at radius 2 is 1.96 bits per heavy atom. The minimum absolute atomic E-state index is 0.108. The predicted molar refractivity (Wildman–Crippen MR) is 106 cm³/mol. The summed E-state index contributed by atoms with van der Waals surface area (Å²) < 4.78 is 26.9. The van der Waals surface area contributed by atoms with E-state index in [0.717, 1.165) is 6.42 Å². The third-order valence-corrected chi connectivity index (χ3v) is 5.50. The first kappa shape index (κ1) is 21.6. The van der Waals surface area contributed by atoms with Crippen LogP contribution in [0, 0.1) is 0 Å². The smallest absolute Gasteiger partial charge is 0.255 e. The minimum Gasteiger partial charge on any atom is -0.322 e. The Bertz CT molecular complexity index is 808. The van der Waals surface area contributed by atoms with Crippen LogP contribution >= 0.6 is 0 Å². The lowest BCUT2D eigenvalue weighted by molar-refractivity contribution is 0.0967. The number of benzene rings is 1. The van der Waals surface area contributed by atoms with Crippen LogP contribution in [0.1, 0.15) is 30.6 Å². The first-order valence-electron chi connectivity index (χ1n) is 8.44. The number of hydrogen-bond acceptors (Lipinski definition) is 3. The van der Waals surface area contributed by atoms with Crippen molar-refractivity contribution < 1.29 is 13.2 Å². The molecule has 140 valence electrons. The van der Waals surface area contributed by atoms with Gasteiger partial charge in [0.1, 0.15) is 0 Å². The SMILES string of the molecule is C=C/C=C\C(=C/C=C)NC(=O)c1cccc(S(=O)(=O)N(CC)CCC)c1. The highest BCUT2D eigenvalue weighted by Crippen LogP contribution is 2.17. The number of carbonyl (C=O) groups is 1. The lowest BCUT2D eigenvalue weighted by Crippen LogP contribution is -2.32. The van der Waals surface area contributed by atoms with Crippen LogP contribution in [-0.2, 0) is 10.0 Å². The zero-order valence-electron chi connectivity index (χ0n) is 15.3. The van der Waals surface area contributed by atoms with Crippen molar-refractivity contribution in [2.75, 3.05) is 13.1 Å². The fourth-order valence-electron chi connectivity index (χ4n) is 2.29. The maximum atomic E-state index is 12.7. The van der Waals surface area contributed by atoms with Gasteiger partial charge in [-0.3, -0.25) is 4.79 Å². The van der Waals surface area contributed by atoms with Gasteiger partial charge in [0.25, 0.3) is 5.91 Å². The van der Waals surface area contributed by atoms with Crippen molar-refractivity contribution in [2.45, 2.75) is 25.2 Å². The lowest BCUT2D eigenvalue weighted by atomic mass is 10.2. The minimum atomic E-state index is -3.63. The van der Waals surface area contributed by atoms with Crippen molar-refractivity contribution in [3.8, 4) is 0 Å². The first-order chi connectivity index (χ1) is 12.4. The molecule has 0 aliphatic heterocycles.